The number of amides is 1. The van der Waals surface area contributed by atoms with Crippen LogP contribution >= 0.6 is 11.3 Å². The fourth-order valence-electron chi connectivity index (χ4n) is 1.39. The molecule has 0 aliphatic rings. The third-order valence-corrected chi connectivity index (χ3v) is 3.10. The minimum Gasteiger partial charge on any atom is -0.453 e. The summed E-state index contributed by atoms with van der Waals surface area (Å²) in [6, 6.07) is 5.99. The number of nitrogens with zero attached hydrogens (tertiary/aromatic N) is 2. The molecule has 0 aromatic carbocycles. The molecule has 6 heteroatoms. The van der Waals surface area contributed by atoms with Gasteiger partial charge in [-0.25, -0.2) is 4.79 Å². The Balaban J connectivity index is 1.89. The van der Waals surface area contributed by atoms with Crippen LogP contribution in [0, 0.1) is 0 Å². The Bertz CT molecular complexity index is 479. The van der Waals surface area contributed by atoms with Crippen molar-refractivity contribution in [1.82, 2.24) is 15.1 Å². The molecule has 0 aliphatic heterocycles. The van der Waals surface area contributed by atoms with E-state index in [0.29, 0.717) is 13.1 Å². The van der Waals surface area contributed by atoms with E-state index in [2.05, 4.69) is 15.2 Å². The summed E-state index contributed by atoms with van der Waals surface area (Å²) in [5.74, 6) is 0. The number of hydrogen-bond donors (Lipinski definition) is 1. The van der Waals surface area contributed by atoms with Crippen LogP contribution in [0.5, 0.6) is 0 Å². The molecule has 2 aromatic rings. The van der Waals surface area contributed by atoms with E-state index in [4.69, 9.17) is 0 Å². The molecule has 90 valence electrons. The van der Waals surface area contributed by atoms with Crippen LogP contribution in [0.1, 0.15) is 0 Å². The molecule has 0 fully saturated rings. The normalized spacial score (nSPS) is 10.2. The number of hydrogen-bond acceptors (Lipinski definition) is 4. The first-order valence-corrected chi connectivity index (χ1v) is 6.06. The maximum absolute atomic E-state index is 10.8. The summed E-state index contributed by atoms with van der Waals surface area (Å²) in [5.41, 5.74) is 0.957. The molecule has 2 rings (SSSR count). The molecule has 0 atom stereocenters. The number of thiophene rings is 1. The van der Waals surface area contributed by atoms with E-state index < -0.39 is 6.09 Å². The van der Waals surface area contributed by atoms with Crippen LogP contribution < -0.4 is 5.32 Å². The topological polar surface area (TPSA) is 56.1 Å². The second-order valence-corrected chi connectivity index (χ2v) is 4.31. The number of nitrogens with one attached hydrogen (secondary N) is 1. The highest BCUT2D eigenvalue weighted by molar-refractivity contribution is 7.13. The highest BCUT2D eigenvalue weighted by Gasteiger charge is 2.03. The van der Waals surface area contributed by atoms with Gasteiger partial charge in [-0.1, -0.05) is 6.07 Å². The van der Waals surface area contributed by atoms with Crippen molar-refractivity contribution in [3.05, 3.63) is 29.8 Å². The summed E-state index contributed by atoms with van der Waals surface area (Å²) in [6.07, 6.45) is 1.48. The van der Waals surface area contributed by atoms with Crippen LogP contribution in [0.4, 0.5) is 4.79 Å². The third kappa shape index (κ3) is 3.07. The van der Waals surface area contributed by atoms with Gasteiger partial charge in [-0.05, 0) is 17.5 Å². The Hall–Kier alpha value is -1.82. The van der Waals surface area contributed by atoms with E-state index in [0.717, 1.165) is 10.6 Å². The summed E-state index contributed by atoms with van der Waals surface area (Å²) >= 11 is 1.66. The molecule has 0 radical (unpaired) electrons. The van der Waals surface area contributed by atoms with Crippen molar-refractivity contribution in [3.8, 4) is 10.6 Å². The number of carbonyl (C=O) groups is 1. The van der Waals surface area contributed by atoms with Gasteiger partial charge in [0.15, 0.2) is 0 Å². The fraction of sp³-hybridized carbons (Fsp3) is 0.273. The lowest BCUT2D eigenvalue weighted by molar-refractivity contribution is 0.170. The van der Waals surface area contributed by atoms with E-state index in [1.807, 2.05) is 29.8 Å². The minimum absolute atomic E-state index is 0.421. The summed E-state index contributed by atoms with van der Waals surface area (Å²) in [4.78, 5) is 12.0. The van der Waals surface area contributed by atoms with Gasteiger partial charge in [0, 0.05) is 12.7 Å². The average molecular weight is 251 g/mol. The monoisotopic (exact) mass is 251 g/mol. The predicted molar refractivity (Wildman–Crippen MR) is 65.9 cm³/mol. The van der Waals surface area contributed by atoms with Crippen molar-refractivity contribution in [3.63, 3.8) is 0 Å². The minimum atomic E-state index is -0.421. The molecule has 1 amide bonds. The highest BCUT2D eigenvalue weighted by atomic mass is 32.1. The Morgan fingerprint density at radius 2 is 2.47 bits per heavy atom. The second-order valence-electron chi connectivity index (χ2n) is 3.36. The number of rotatable bonds is 4. The zero-order valence-electron chi connectivity index (χ0n) is 9.42. The molecule has 1 N–H and O–H groups in total. The largest absolute Gasteiger partial charge is 0.453 e. The van der Waals surface area contributed by atoms with Crippen molar-refractivity contribution in [2.24, 2.45) is 0 Å². The van der Waals surface area contributed by atoms with Crippen molar-refractivity contribution in [2.45, 2.75) is 6.54 Å². The summed E-state index contributed by atoms with van der Waals surface area (Å²) < 4.78 is 6.27. The van der Waals surface area contributed by atoms with Crippen molar-refractivity contribution in [1.29, 1.82) is 0 Å². The van der Waals surface area contributed by atoms with Gasteiger partial charge in [-0.2, -0.15) is 5.10 Å². The van der Waals surface area contributed by atoms with Crippen molar-refractivity contribution in [2.75, 3.05) is 13.7 Å². The first kappa shape index (κ1) is 11.7. The lowest BCUT2D eigenvalue weighted by Crippen LogP contribution is -2.27. The number of carbonyl (C=O) groups excluding carboxylic acids is 1. The first-order valence-electron chi connectivity index (χ1n) is 5.19. The van der Waals surface area contributed by atoms with Crippen LogP contribution in [0.25, 0.3) is 10.6 Å². The molecule has 2 heterocycles. The Morgan fingerprint density at radius 1 is 1.59 bits per heavy atom. The zero-order chi connectivity index (χ0) is 12.1. The molecule has 2 aromatic heterocycles. The molecular weight excluding hydrogens is 238 g/mol. The molecule has 0 spiro atoms. The molecule has 0 bridgehead atoms. The highest BCUT2D eigenvalue weighted by Crippen LogP contribution is 2.22. The first-order chi connectivity index (χ1) is 8.29. The molecule has 0 saturated heterocycles. The maximum atomic E-state index is 10.8. The van der Waals surface area contributed by atoms with Crippen molar-refractivity contribution >= 4 is 17.4 Å². The van der Waals surface area contributed by atoms with E-state index in [9.17, 15) is 4.79 Å². The van der Waals surface area contributed by atoms with Gasteiger partial charge in [-0.3, -0.25) is 4.68 Å². The second kappa shape index (κ2) is 5.49. The lowest BCUT2D eigenvalue weighted by Gasteiger charge is -2.03. The van der Waals surface area contributed by atoms with Crippen LogP contribution in [-0.4, -0.2) is 29.5 Å². The van der Waals surface area contributed by atoms with Crippen LogP contribution in [0.15, 0.2) is 29.8 Å². The van der Waals surface area contributed by atoms with Crippen molar-refractivity contribution < 1.29 is 9.53 Å². The Morgan fingerprint density at radius 3 is 3.18 bits per heavy atom. The van der Waals surface area contributed by atoms with Crippen LogP contribution in [-0.2, 0) is 11.3 Å². The number of aromatic nitrogens is 2. The van der Waals surface area contributed by atoms with E-state index >= 15 is 0 Å². The van der Waals surface area contributed by atoms with Crippen LogP contribution in [0.2, 0.25) is 0 Å². The van der Waals surface area contributed by atoms with Crippen LogP contribution in [0.3, 0.4) is 0 Å². The lowest BCUT2D eigenvalue weighted by atomic mass is 10.3. The Labute approximate surface area is 103 Å². The van der Waals surface area contributed by atoms with E-state index in [1.165, 1.54) is 7.11 Å². The predicted octanol–water partition coefficient (Wildman–Crippen LogP) is 1.97. The number of ether oxygens (including phenoxy) is 1. The van der Waals surface area contributed by atoms with Gasteiger partial charge in [0.25, 0.3) is 0 Å². The van der Waals surface area contributed by atoms with E-state index in [-0.39, 0.29) is 0 Å². The molecule has 17 heavy (non-hydrogen) atoms. The zero-order valence-corrected chi connectivity index (χ0v) is 10.2. The molecule has 0 unspecified atom stereocenters. The van der Waals surface area contributed by atoms with Gasteiger partial charge < -0.3 is 10.1 Å². The van der Waals surface area contributed by atoms with Gasteiger partial charge in [-0.15, -0.1) is 11.3 Å². The van der Waals surface area contributed by atoms with E-state index in [1.54, 1.807) is 16.0 Å². The third-order valence-electron chi connectivity index (χ3n) is 2.21. The number of methoxy groups -OCH3 is 1. The fourth-order valence-corrected chi connectivity index (χ4v) is 2.08. The molecule has 0 aliphatic carbocycles. The average Bonchev–Trinajstić information content (AvgIpc) is 2.98. The molecular formula is C11H13N3O2S. The maximum Gasteiger partial charge on any atom is 0.406 e. The Kier molecular flexibility index (Phi) is 3.77. The smallest absolute Gasteiger partial charge is 0.406 e. The SMILES string of the molecule is COC(=O)NCCn1ccc(-c2cccs2)n1. The molecule has 0 saturated carbocycles. The summed E-state index contributed by atoms with van der Waals surface area (Å²) in [5, 5.41) is 9.04. The number of alkyl carbamates (subject to hydrolysis) is 1. The summed E-state index contributed by atoms with van der Waals surface area (Å²) in [7, 11) is 1.35. The standard InChI is InChI=1S/C11H13N3O2S/c1-16-11(15)12-5-7-14-6-4-9(13-14)10-3-2-8-17-10/h2-4,6,8H,5,7H2,1H3,(H,12,15). The summed E-state index contributed by atoms with van der Waals surface area (Å²) in [6.45, 7) is 1.12. The van der Waals surface area contributed by atoms with Gasteiger partial charge >= 0.3 is 6.09 Å². The van der Waals surface area contributed by atoms with Gasteiger partial charge in [0.1, 0.15) is 5.69 Å². The van der Waals surface area contributed by atoms with Gasteiger partial charge in [0.2, 0.25) is 0 Å². The van der Waals surface area contributed by atoms with Gasteiger partial charge in [0.05, 0.1) is 18.5 Å². The molecule has 5 nitrogen and oxygen atoms in total. The quantitative estimate of drug-likeness (QED) is 0.903.